The van der Waals surface area contributed by atoms with Crippen LogP contribution in [0, 0.1) is 17.8 Å². The van der Waals surface area contributed by atoms with Crippen molar-refractivity contribution < 1.29 is 4.79 Å². The van der Waals surface area contributed by atoms with Crippen LogP contribution in [0.4, 0.5) is 0 Å². The van der Waals surface area contributed by atoms with Crippen molar-refractivity contribution in [3.8, 4) is 0 Å². The molecule has 0 aromatic carbocycles. The first-order valence-electron chi connectivity index (χ1n) is 6.38. The minimum Gasteiger partial charge on any atom is -0.295 e. The molecular formula is C15H22O. The molecule has 88 valence electrons. The molecule has 1 heteroatoms. The van der Waals surface area contributed by atoms with Gasteiger partial charge in [-0.25, -0.2) is 0 Å². The first kappa shape index (κ1) is 11.6. The van der Waals surface area contributed by atoms with E-state index in [0.717, 1.165) is 12.0 Å². The monoisotopic (exact) mass is 218 g/mol. The van der Waals surface area contributed by atoms with Gasteiger partial charge in [0, 0.05) is 12.3 Å². The van der Waals surface area contributed by atoms with Crippen molar-refractivity contribution in [2.45, 2.75) is 47.0 Å². The zero-order valence-corrected chi connectivity index (χ0v) is 10.8. The van der Waals surface area contributed by atoms with Crippen LogP contribution in [0.3, 0.4) is 0 Å². The molecule has 1 fully saturated rings. The Morgan fingerprint density at radius 1 is 1.38 bits per heavy atom. The van der Waals surface area contributed by atoms with Gasteiger partial charge in [0.05, 0.1) is 0 Å². The topological polar surface area (TPSA) is 17.1 Å². The van der Waals surface area contributed by atoms with Gasteiger partial charge in [-0.1, -0.05) is 24.1 Å². The molecule has 0 saturated heterocycles. The average Bonchev–Trinajstić information content (AvgIpc) is 2.21. The molecule has 16 heavy (non-hydrogen) atoms. The number of rotatable bonds is 0. The molecule has 0 amide bonds. The van der Waals surface area contributed by atoms with Gasteiger partial charge in [-0.3, -0.25) is 4.79 Å². The fraction of sp³-hybridized carbons (Fsp3) is 0.667. The van der Waals surface area contributed by atoms with Crippen molar-refractivity contribution in [3.05, 3.63) is 22.8 Å². The molecule has 2 aliphatic rings. The van der Waals surface area contributed by atoms with Crippen LogP contribution in [0.15, 0.2) is 22.8 Å². The number of carbonyl (C=O) groups is 1. The normalized spacial score (nSPS) is 34.5. The first-order valence-corrected chi connectivity index (χ1v) is 6.38. The number of carbonyl (C=O) groups excluding carboxylic acids is 1. The summed E-state index contributed by atoms with van der Waals surface area (Å²) in [7, 11) is 0. The highest BCUT2D eigenvalue weighted by molar-refractivity contribution is 5.96. The zero-order chi connectivity index (χ0) is 11.9. The molecule has 0 bridgehead atoms. The third-order valence-corrected chi connectivity index (χ3v) is 4.40. The van der Waals surface area contributed by atoms with Gasteiger partial charge in [0.2, 0.25) is 0 Å². The predicted octanol–water partition coefficient (Wildman–Crippen LogP) is 3.90. The SMILES string of the molecule is CC1=C[C@H]2C(=C(C)C)CC[C@H](C)[C@H]2CC1=O. The molecule has 1 nitrogen and oxygen atoms in total. The Labute approximate surface area is 98.6 Å². The summed E-state index contributed by atoms with van der Waals surface area (Å²) >= 11 is 0. The Morgan fingerprint density at radius 3 is 2.69 bits per heavy atom. The molecule has 3 atom stereocenters. The van der Waals surface area contributed by atoms with Gasteiger partial charge in [-0.2, -0.15) is 0 Å². The second-order valence-electron chi connectivity index (χ2n) is 5.71. The lowest BCUT2D eigenvalue weighted by Crippen LogP contribution is -2.33. The van der Waals surface area contributed by atoms with Crippen LogP contribution in [0.25, 0.3) is 0 Å². The fourth-order valence-electron chi connectivity index (χ4n) is 3.25. The predicted molar refractivity (Wildman–Crippen MR) is 67.1 cm³/mol. The molecule has 0 aliphatic heterocycles. The smallest absolute Gasteiger partial charge is 0.158 e. The van der Waals surface area contributed by atoms with Crippen LogP contribution < -0.4 is 0 Å². The van der Waals surface area contributed by atoms with Gasteiger partial charge in [0.15, 0.2) is 5.78 Å². The Kier molecular flexibility index (Phi) is 3.05. The number of fused-ring (bicyclic) bond motifs is 1. The van der Waals surface area contributed by atoms with E-state index < -0.39 is 0 Å². The van der Waals surface area contributed by atoms with Crippen LogP contribution in [0.1, 0.15) is 47.0 Å². The van der Waals surface area contributed by atoms with E-state index in [4.69, 9.17) is 0 Å². The maximum atomic E-state index is 11.8. The third kappa shape index (κ3) is 1.88. The van der Waals surface area contributed by atoms with Crippen LogP contribution in [0.5, 0.6) is 0 Å². The van der Waals surface area contributed by atoms with E-state index in [-0.39, 0.29) is 0 Å². The Hall–Kier alpha value is -0.850. The highest BCUT2D eigenvalue weighted by atomic mass is 16.1. The Balaban J connectivity index is 2.40. The van der Waals surface area contributed by atoms with Crippen LogP contribution in [-0.2, 0) is 4.79 Å². The molecule has 2 aliphatic carbocycles. The summed E-state index contributed by atoms with van der Waals surface area (Å²) in [5.41, 5.74) is 4.03. The minimum atomic E-state index is 0.364. The maximum Gasteiger partial charge on any atom is 0.158 e. The quantitative estimate of drug-likeness (QED) is 0.563. The molecule has 0 aromatic heterocycles. The lowest BCUT2D eigenvalue weighted by atomic mass is 9.64. The summed E-state index contributed by atoms with van der Waals surface area (Å²) in [6.07, 6.45) is 5.48. The number of allylic oxidation sites excluding steroid dienone is 4. The highest BCUT2D eigenvalue weighted by Crippen LogP contribution is 2.45. The molecule has 0 radical (unpaired) electrons. The molecule has 0 aromatic rings. The van der Waals surface area contributed by atoms with Crippen LogP contribution in [0.2, 0.25) is 0 Å². The van der Waals surface area contributed by atoms with Crippen molar-refractivity contribution in [2.75, 3.05) is 0 Å². The van der Waals surface area contributed by atoms with Gasteiger partial charge in [0.1, 0.15) is 0 Å². The van der Waals surface area contributed by atoms with E-state index in [1.807, 2.05) is 6.92 Å². The van der Waals surface area contributed by atoms with Crippen molar-refractivity contribution in [3.63, 3.8) is 0 Å². The number of Topliss-reactive ketones (excluding diaryl/α,β-unsaturated/α-hetero) is 1. The average molecular weight is 218 g/mol. The van der Waals surface area contributed by atoms with Crippen LogP contribution in [-0.4, -0.2) is 5.78 Å². The molecule has 2 rings (SSSR count). The Bertz CT molecular complexity index is 369. The van der Waals surface area contributed by atoms with Crippen molar-refractivity contribution in [2.24, 2.45) is 17.8 Å². The van der Waals surface area contributed by atoms with Crippen molar-refractivity contribution in [1.82, 2.24) is 0 Å². The molecule has 0 N–H and O–H groups in total. The second-order valence-corrected chi connectivity index (χ2v) is 5.71. The van der Waals surface area contributed by atoms with E-state index >= 15 is 0 Å². The van der Waals surface area contributed by atoms with Gasteiger partial charge in [-0.05, 0) is 51.0 Å². The molecular weight excluding hydrogens is 196 g/mol. The lowest BCUT2D eigenvalue weighted by molar-refractivity contribution is -0.117. The third-order valence-electron chi connectivity index (χ3n) is 4.40. The number of hydrogen-bond acceptors (Lipinski definition) is 1. The summed E-state index contributed by atoms with van der Waals surface area (Å²) in [4.78, 5) is 11.8. The van der Waals surface area contributed by atoms with Gasteiger partial charge in [-0.15, -0.1) is 0 Å². The number of hydrogen-bond donors (Lipinski definition) is 0. The summed E-state index contributed by atoms with van der Waals surface area (Å²) in [5, 5.41) is 0. The largest absolute Gasteiger partial charge is 0.295 e. The van der Waals surface area contributed by atoms with E-state index in [1.165, 1.54) is 18.4 Å². The minimum absolute atomic E-state index is 0.364. The summed E-state index contributed by atoms with van der Waals surface area (Å²) < 4.78 is 0. The van der Waals surface area contributed by atoms with Gasteiger partial charge >= 0.3 is 0 Å². The highest BCUT2D eigenvalue weighted by Gasteiger charge is 2.37. The maximum absolute atomic E-state index is 11.8. The lowest BCUT2D eigenvalue weighted by Gasteiger charge is -2.40. The standard InChI is InChI=1S/C15H22O/c1-9(2)12-6-5-10(3)13-8-15(16)11(4)7-14(12)13/h7,10,13-14H,5-6,8H2,1-4H3/t10-,13+,14-/m0/s1. The first-order chi connectivity index (χ1) is 7.50. The van der Waals surface area contributed by atoms with Crippen LogP contribution >= 0.6 is 0 Å². The van der Waals surface area contributed by atoms with Gasteiger partial charge in [0.25, 0.3) is 0 Å². The van der Waals surface area contributed by atoms with E-state index in [1.54, 1.807) is 5.57 Å². The molecule has 1 saturated carbocycles. The molecule has 0 heterocycles. The summed E-state index contributed by atoms with van der Waals surface area (Å²) in [6.45, 7) is 8.70. The fourth-order valence-corrected chi connectivity index (χ4v) is 3.25. The van der Waals surface area contributed by atoms with E-state index in [9.17, 15) is 4.79 Å². The van der Waals surface area contributed by atoms with Crippen molar-refractivity contribution in [1.29, 1.82) is 0 Å². The van der Waals surface area contributed by atoms with E-state index in [2.05, 4.69) is 26.8 Å². The van der Waals surface area contributed by atoms with Gasteiger partial charge < -0.3 is 0 Å². The second kappa shape index (κ2) is 4.20. The Morgan fingerprint density at radius 2 is 2.06 bits per heavy atom. The van der Waals surface area contributed by atoms with E-state index in [0.29, 0.717) is 23.5 Å². The van der Waals surface area contributed by atoms with Crippen molar-refractivity contribution >= 4 is 5.78 Å². The molecule has 0 spiro atoms. The molecule has 0 unspecified atom stereocenters. The number of ketones is 1. The summed E-state index contributed by atoms with van der Waals surface area (Å²) in [5.74, 6) is 2.17. The summed E-state index contributed by atoms with van der Waals surface area (Å²) in [6, 6.07) is 0. The zero-order valence-electron chi connectivity index (χ0n) is 10.8.